The predicted octanol–water partition coefficient (Wildman–Crippen LogP) is 3.34. The second kappa shape index (κ2) is 6.50. The number of benzene rings is 1. The van der Waals surface area contributed by atoms with Crippen LogP contribution in [0, 0.1) is 5.92 Å². The van der Waals surface area contributed by atoms with E-state index in [1.165, 1.54) is 6.42 Å². The normalized spacial score (nSPS) is 23.4. The molecule has 1 aromatic heterocycles. The number of hydrogen-bond donors (Lipinski definition) is 2. The maximum atomic E-state index is 12.2. The topological polar surface area (TPSA) is 84.2 Å². The van der Waals surface area contributed by atoms with E-state index in [0.29, 0.717) is 28.6 Å². The lowest BCUT2D eigenvalue weighted by atomic mass is 9.86. The highest BCUT2D eigenvalue weighted by atomic mass is 16.3. The lowest BCUT2D eigenvalue weighted by Crippen LogP contribution is -2.45. The zero-order chi connectivity index (χ0) is 17.4. The Kier molecular flexibility index (Phi) is 4.19. The van der Waals surface area contributed by atoms with Crippen LogP contribution in [0.15, 0.2) is 22.6 Å². The first kappa shape index (κ1) is 16.1. The minimum atomic E-state index is -0.636. The van der Waals surface area contributed by atoms with Crippen molar-refractivity contribution in [2.45, 2.75) is 57.4 Å². The first-order valence-electron chi connectivity index (χ1n) is 9.12. The molecule has 2 atom stereocenters. The molecule has 1 heterocycles. The van der Waals surface area contributed by atoms with Crippen LogP contribution in [-0.4, -0.2) is 22.8 Å². The highest BCUT2D eigenvalue weighted by Crippen LogP contribution is 2.40. The van der Waals surface area contributed by atoms with Gasteiger partial charge in [0.2, 0.25) is 0 Å². The molecule has 2 aliphatic carbocycles. The number of fused-ring (bicyclic) bond motifs is 1. The average molecular weight is 341 g/mol. The maximum Gasteiger partial charge on any atom is 0.313 e. The van der Waals surface area contributed by atoms with E-state index in [2.05, 4.69) is 22.5 Å². The van der Waals surface area contributed by atoms with Gasteiger partial charge in [-0.05, 0) is 49.8 Å². The van der Waals surface area contributed by atoms with Gasteiger partial charge >= 0.3 is 11.8 Å². The van der Waals surface area contributed by atoms with Crippen LogP contribution in [0.3, 0.4) is 0 Å². The monoisotopic (exact) mass is 341 g/mol. The molecule has 25 heavy (non-hydrogen) atoms. The van der Waals surface area contributed by atoms with Gasteiger partial charge in [0.05, 0.1) is 0 Å². The largest absolute Gasteiger partial charge is 0.440 e. The molecule has 2 aliphatic rings. The maximum absolute atomic E-state index is 12.2. The minimum Gasteiger partial charge on any atom is -0.440 e. The van der Waals surface area contributed by atoms with Gasteiger partial charge in [-0.3, -0.25) is 9.59 Å². The predicted molar refractivity (Wildman–Crippen MR) is 94.2 cm³/mol. The molecule has 0 radical (unpaired) electrons. The Balaban J connectivity index is 1.41. The Morgan fingerprint density at radius 3 is 2.68 bits per heavy atom. The zero-order valence-electron chi connectivity index (χ0n) is 14.4. The van der Waals surface area contributed by atoms with E-state index < -0.39 is 11.8 Å². The van der Waals surface area contributed by atoms with Gasteiger partial charge in [-0.15, -0.1) is 0 Å². The Labute approximate surface area is 146 Å². The van der Waals surface area contributed by atoms with Crippen molar-refractivity contribution in [3.63, 3.8) is 0 Å². The van der Waals surface area contributed by atoms with Crippen LogP contribution in [0.5, 0.6) is 0 Å². The van der Waals surface area contributed by atoms with E-state index in [4.69, 9.17) is 4.42 Å². The van der Waals surface area contributed by atoms with Gasteiger partial charge in [-0.25, -0.2) is 4.98 Å². The molecule has 0 saturated heterocycles. The van der Waals surface area contributed by atoms with Crippen molar-refractivity contribution >= 4 is 28.6 Å². The number of nitrogens with zero attached hydrogens (tertiary/aromatic N) is 1. The average Bonchev–Trinajstić information content (AvgIpc) is 3.36. The van der Waals surface area contributed by atoms with Crippen LogP contribution < -0.4 is 10.6 Å². The van der Waals surface area contributed by atoms with Gasteiger partial charge in [0.25, 0.3) is 0 Å². The third-order valence-electron chi connectivity index (χ3n) is 5.22. The molecule has 132 valence electrons. The van der Waals surface area contributed by atoms with Crippen LogP contribution >= 0.6 is 0 Å². The van der Waals surface area contributed by atoms with Gasteiger partial charge in [0.15, 0.2) is 11.5 Å². The molecule has 0 bridgehead atoms. The fourth-order valence-corrected chi connectivity index (χ4v) is 3.48. The summed E-state index contributed by atoms with van der Waals surface area (Å²) < 4.78 is 5.71. The smallest absolute Gasteiger partial charge is 0.313 e. The summed E-state index contributed by atoms with van der Waals surface area (Å²) in [4.78, 5) is 28.8. The van der Waals surface area contributed by atoms with Crippen LogP contribution in [0.2, 0.25) is 0 Å². The SMILES string of the molecule is C[C@@H]1CCCC[C@H]1NC(=O)C(=O)Nc1ccc2oc(C3CC3)nc2c1. The Morgan fingerprint density at radius 1 is 1.12 bits per heavy atom. The molecular formula is C19H23N3O3. The molecule has 0 aliphatic heterocycles. The number of hydrogen-bond acceptors (Lipinski definition) is 4. The molecule has 2 amide bonds. The number of nitrogens with one attached hydrogen (secondary N) is 2. The molecule has 2 fully saturated rings. The van der Waals surface area contributed by atoms with Crippen LogP contribution in [0.1, 0.15) is 57.3 Å². The van der Waals surface area contributed by atoms with Crippen molar-refractivity contribution in [2.75, 3.05) is 5.32 Å². The summed E-state index contributed by atoms with van der Waals surface area (Å²) in [5.74, 6) is 0.412. The van der Waals surface area contributed by atoms with Crippen LogP contribution in [0.4, 0.5) is 5.69 Å². The standard InChI is InChI=1S/C19H23N3O3/c1-11-4-2-3-5-14(11)21-18(24)17(23)20-13-8-9-16-15(10-13)22-19(25-16)12-6-7-12/h8-12,14H,2-7H2,1H3,(H,20,23)(H,21,24)/t11-,14-/m1/s1. The molecule has 2 saturated carbocycles. The third kappa shape index (κ3) is 3.52. The summed E-state index contributed by atoms with van der Waals surface area (Å²) in [5.41, 5.74) is 1.97. The summed E-state index contributed by atoms with van der Waals surface area (Å²) in [6.45, 7) is 2.12. The number of amides is 2. The molecule has 1 aromatic carbocycles. The molecule has 0 spiro atoms. The third-order valence-corrected chi connectivity index (χ3v) is 5.22. The quantitative estimate of drug-likeness (QED) is 0.839. The molecule has 6 nitrogen and oxygen atoms in total. The summed E-state index contributed by atoms with van der Waals surface area (Å²) in [6.07, 6.45) is 6.57. The Morgan fingerprint density at radius 2 is 1.92 bits per heavy atom. The number of carbonyl (C=O) groups excluding carboxylic acids is 2. The lowest BCUT2D eigenvalue weighted by molar-refractivity contribution is -0.137. The van der Waals surface area contributed by atoms with Gasteiger partial charge in [0, 0.05) is 17.6 Å². The van der Waals surface area contributed by atoms with Crippen molar-refractivity contribution < 1.29 is 14.0 Å². The summed E-state index contributed by atoms with van der Waals surface area (Å²) in [5, 5.41) is 5.53. The van der Waals surface area contributed by atoms with Gasteiger partial charge in [-0.2, -0.15) is 0 Å². The van der Waals surface area contributed by atoms with Crippen LogP contribution in [-0.2, 0) is 9.59 Å². The van der Waals surface area contributed by atoms with E-state index in [-0.39, 0.29) is 6.04 Å². The highest BCUT2D eigenvalue weighted by Gasteiger charge is 2.29. The molecular weight excluding hydrogens is 318 g/mol. The van der Waals surface area contributed by atoms with E-state index in [9.17, 15) is 9.59 Å². The van der Waals surface area contributed by atoms with Crippen molar-refractivity contribution in [1.82, 2.24) is 10.3 Å². The van der Waals surface area contributed by atoms with Crippen LogP contribution in [0.25, 0.3) is 11.1 Å². The summed E-state index contributed by atoms with van der Waals surface area (Å²) in [7, 11) is 0. The van der Waals surface area contributed by atoms with Gasteiger partial charge in [-0.1, -0.05) is 19.8 Å². The second-order valence-corrected chi connectivity index (χ2v) is 7.30. The summed E-state index contributed by atoms with van der Waals surface area (Å²) in [6, 6.07) is 5.36. The summed E-state index contributed by atoms with van der Waals surface area (Å²) >= 11 is 0. The highest BCUT2D eigenvalue weighted by molar-refractivity contribution is 6.39. The van der Waals surface area contributed by atoms with Gasteiger partial charge < -0.3 is 15.1 Å². The first-order chi connectivity index (χ1) is 12.1. The van der Waals surface area contributed by atoms with Crippen molar-refractivity contribution in [3.05, 3.63) is 24.1 Å². The van der Waals surface area contributed by atoms with E-state index in [0.717, 1.165) is 38.0 Å². The van der Waals surface area contributed by atoms with Crippen molar-refractivity contribution in [1.29, 1.82) is 0 Å². The fourth-order valence-electron chi connectivity index (χ4n) is 3.48. The number of oxazole rings is 1. The first-order valence-corrected chi connectivity index (χ1v) is 9.12. The molecule has 6 heteroatoms. The molecule has 4 rings (SSSR count). The zero-order valence-corrected chi connectivity index (χ0v) is 14.4. The Bertz CT molecular complexity index is 809. The van der Waals surface area contributed by atoms with E-state index in [1.54, 1.807) is 18.2 Å². The van der Waals surface area contributed by atoms with E-state index >= 15 is 0 Å². The fraction of sp³-hybridized carbons (Fsp3) is 0.526. The lowest BCUT2D eigenvalue weighted by Gasteiger charge is -2.29. The molecule has 2 aromatic rings. The van der Waals surface area contributed by atoms with E-state index in [1.807, 2.05) is 0 Å². The van der Waals surface area contributed by atoms with Crippen molar-refractivity contribution in [2.24, 2.45) is 5.92 Å². The second-order valence-electron chi connectivity index (χ2n) is 7.30. The number of aromatic nitrogens is 1. The minimum absolute atomic E-state index is 0.0890. The van der Waals surface area contributed by atoms with Crippen molar-refractivity contribution in [3.8, 4) is 0 Å². The molecule has 2 N–H and O–H groups in total. The number of anilines is 1. The number of carbonyl (C=O) groups is 2. The molecule has 0 unspecified atom stereocenters. The van der Waals surface area contributed by atoms with Gasteiger partial charge in [0.1, 0.15) is 5.52 Å². The Hall–Kier alpha value is -2.37. The number of rotatable bonds is 3.